The van der Waals surface area contributed by atoms with Crippen molar-refractivity contribution in [3.8, 4) is 0 Å². The summed E-state index contributed by atoms with van der Waals surface area (Å²) in [7, 11) is 1.37. The highest BCUT2D eigenvalue weighted by Crippen LogP contribution is 2.29. The van der Waals surface area contributed by atoms with Gasteiger partial charge in [0.15, 0.2) is 5.11 Å². The lowest BCUT2D eigenvalue weighted by Crippen LogP contribution is -2.28. The molecule has 2 aromatic heterocycles. The van der Waals surface area contributed by atoms with Crippen LogP contribution in [0, 0.1) is 0 Å². The number of carbonyl (C=O) groups excluding carboxylic acids is 1. The molecule has 0 saturated carbocycles. The van der Waals surface area contributed by atoms with E-state index in [1.54, 1.807) is 6.20 Å². The molecule has 0 atom stereocenters. The molecule has 0 bridgehead atoms. The van der Waals surface area contributed by atoms with E-state index in [1.807, 2.05) is 30.8 Å². The Morgan fingerprint density at radius 2 is 2.26 bits per heavy atom. The third-order valence-electron chi connectivity index (χ3n) is 3.23. The molecule has 0 amide bonds. The fraction of sp³-hybridized carbons (Fsp3) is 0.400. The molecule has 0 aliphatic carbocycles. The zero-order chi connectivity index (χ0) is 16.8. The number of nitrogens with one attached hydrogen (secondary N) is 2. The Balaban J connectivity index is 1.99. The van der Waals surface area contributed by atoms with Gasteiger partial charge >= 0.3 is 5.97 Å². The maximum absolute atomic E-state index is 11.8. The zero-order valence-electron chi connectivity index (χ0n) is 13.4. The number of thiophene rings is 1. The molecule has 2 rings (SSSR count). The van der Waals surface area contributed by atoms with E-state index in [0.29, 0.717) is 22.2 Å². The standard InChI is InChI=1S/C15H20N4O2S2/c1-4-11-6-12(14(20)21-3)13(23-11)18-15(22)16-7-10-8-17-19(5-2)9-10/h6,8-9H,4-5,7H2,1-3H3,(H2,16,18,22). The van der Waals surface area contributed by atoms with Crippen LogP contribution in [0.25, 0.3) is 0 Å². The lowest BCUT2D eigenvalue weighted by molar-refractivity contribution is 0.0602. The third-order valence-corrected chi connectivity index (χ3v) is 4.67. The Bertz CT molecular complexity index is 693. The molecule has 0 unspecified atom stereocenters. The summed E-state index contributed by atoms with van der Waals surface area (Å²) in [4.78, 5) is 12.9. The summed E-state index contributed by atoms with van der Waals surface area (Å²) in [5, 5.41) is 11.6. The Hall–Kier alpha value is -1.93. The molecule has 0 spiro atoms. The highest BCUT2D eigenvalue weighted by atomic mass is 32.1. The van der Waals surface area contributed by atoms with E-state index in [9.17, 15) is 4.79 Å². The maximum atomic E-state index is 11.8. The summed E-state index contributed by atoms with van der Waals surface area (Å²) in [5.74, 6) is -0.365. The first-order valence-corrected chi connectivity index (χ1v) is 8.57. The molecule has 2 N–H and O–H groups in total. The summed E-state index contributed by atoms with van der Waals surface area (Å²) >= 11 is 6.81. The average molecular weight is 352 g/mol. The molecule has 0 radical (unpaired) electrons. The number of thiocarbonyl (C=S) groups is 1. The number of esters is 1. The summed E-state index contributed by atoms with van der Waals surface area (Å²) in [6.45, 7) is 5.48. The maximum Gasteiger partial charge on any atom is 0.340 e. The molecule has 8 heteroatoms. The van der Waals surface area contributed by atoms with Gasteiger partial charge in [-0.2, -0.15) is 5.10 Å². The fourth-order valence-electron chi connectivity index (χ4n) is 1.97. The first-order valence-electron chi connectivity index (χ1n) is 7.34. The molecule has 2 heterocycles. The van der Waals surface area contributed by atoms with Gasteiger partial charge in [0.2, 0.25) is 0 Å². The van der Waals surface area contributed by atoms with E-state index >= 15 is 0 Å². The minimum Gasteiger partial charge on any atom is -0.465 e. The number of nitrogens with zero attached hydrogens (tertiary/aromatic N) is 2. The number of methoxy groups -OCH3 is 1. The van der Waals surface area contributed by atoms with E-state index in [-0.39, 0.29) is 5.97 Å². The van der Waals surface area contributed by atoms with Crippen molar-refractivity contribution < 1.29 is 9.53 Å². The van der Waals surface area contributed by atoms with Crippen LogP contribution in [-0.2, 0) is 24.2 Å². The first kappa shape index (κ1) is 17.4. The normalized spacial score (nSPS) is 10.4. The van der Waals surface area contributed by atoms with Crippen LogP contribution in [0.1, 0.15) is 34.6 Å². The van der Waals surface area contributed by atoms with Gasteiger partial charge in [-0.15, -0.1) is 11.3 Å². The van der Waals surface area contributed by atoms with Crippen molar-refractivity contribution in [1.82, 2.24) is 15.1 Å². The van der Waals surface area contributed by atoms with Gasteiger partial charge in [0.1, 0.15) is 5.00 Å². The molecule has 6 nitrogen and oxygen atoms in total. The number of carbonyl (C=O) groups is 1. The van der Waals surface area contributed by atoms with Crippen molar-refractivity contribution in [2.75, 3.05) is 12.4 Å². The van der Waals surface area contributed by atoms with Gasteiger partial charge in [-0.3, -0.25) is 4.68 Å². The van der Waals surface area contributed by atoms with E-state index in [2.05, 4.69) is 15.7 Å². The third kappa shape index (κ3) is 4.52. The van der Waals surface area contributed by atoms with Crippen molar-refractivity contribution in [1.29, 1.82) is 0 Å². The SMILES string of the molecule is CCc1cc(C(=O)OC)c(NC(=S)NCc2cnn(CC)c2)s1. The zero-order valence-corrected chi connectivity index (χ0v) is 15.0. The van der Waals surface area contributed by atoms with Gasteiger partial charge in [0.05, 0.1) is 18.9 Å². The van der Waals surface area contributed by atoms with Gasteiger partial charge in [-0.1, -0.05) is 6.92 Å². The van der Waals surface area contributed by atoms with Gasteiger partial charge in [-0.25, -0.2) is 4.79 Å². The largest absolute Gasteiger partial charge is 0.465 e. The van der Waals surface area contributed by atoms with Crippen molar-refractivity contribution in [3.05, 3.63) is 34.5 Å². The summed E-state index contributed by atoms with van der Waals surface area (Å²) in [6, 6.07) is 1.84. The van der Waals surface area contributed by atoms with Crippen molar-refractivity contribution >= 4 is 39.6 Å². The van der Waals surface area contributed by atoms with Crippen LogP contribution >= 0.6 is 23.6 Å². The first-order chi connectivity index (χ1) is 11.1. The second-order valence-electron chi connectivity index (χ2n) is 4.81. The van der Waals surface area contributed by atoms with Crippen molar-refractivity contribution in [2.24, 2.45) is 0 Å². The number of hydrogen-bond acceptors (Lipinski definition) is 5. The number of rotatable bonds is 6. The Kier molecular flexibility index (Phi) is 6.12. The smallest absolute Gasteiger partial charge is 0.340 e. The monoisotopic (exact) mass is 352 g/mol. The molecule has 0 aliphatic heterocycles. The van der Waals surface area contributed by atoms with Crippen LogP contribution in [0.15, 0.2) is 18.5 Å². The quantitative estimate of drug-likeness (QED) is 0.615. The highest BCUT2D eigenvalue weighted by molar-refractivity contribution is 7.80. The molecule has 2 aromatic rings. The van der Waals surface area contributed by atoms with Gasteiger partial charge in [-0.05, 0) is 31.6 Å². The minimum absolute atomic E-state index is 0.365. The number of aryl methyl sites for hydroxylation is 2. The number of aromatic nitrogens is 2. The van der Waals surface area contributed by atoms with E-state index in [0.717, 1.165) is 23.4 Å². The van der Waals surface area contributed by atoms with E-state index in [1.165, 1.54) is 18.4 Å². The van der Waals surface area contributed by atoms with Crippen LogP contribution in [0.2, 0.25) is 0 Å². The summed E-state index contributed by atoms with van der Waals surface area (Å²) < 4.78 is 6.67. The van der Waals surface area contributed by atoms with Gasteiger partial charge in [0, 0.05) is 29.7 Å². The molecular formula is C15H20N4O2S2. The molecule has 0 fully saturated rings. The van der Waals surface area contributed by atoms with Crippen LogP contribution in [0.4, 0.5) is 5.00 Å². The van der Waals surface area contributed by atoms with Crippen LogP contribution in [0.5, 0.6) is 0 Å². The average Bonchev–Trinajstić information content (AvgIpc) is 3.18. The van der Waals surface area contributed by atoms with E-state index < -0.39 is 0 Å². The molecule has 0 aromatic carbocycles. The number of hydrogen-bond donors (Lipinski definition) is 2. The molecule has 124 valence electrons. The predicted octanol–water partition coefficient (Wildman–Crippen LogP) is 2.80. The number of ether oxygens (including phenoxy) is 1. The van der Waals surface area contributed by atoms with Crippen LogP contribution < -0.4 is 10.6 Å². The number of anilines is 1. The second kappa shape index (κ2) is 8.07. The molecule has 0 saturated heterocycles. The fourth-order valence-corrected chi connectivity index (χ4v) is 3.20. The van der Waals surface area contributed by atoms with Crippen molar-refractivity contribution in [3.63, 3.8) is 0 Å². The van der Waals surface area contributed by atoms with Crippen LogP contribution in [0.3, 0.4) is 0 Å². The minimum atomic E-state index is -0.365. The second-order valence-corrected chi connectivity index (χ2v) is 6.36. The lowest BCUT2D eigenvalue weighted by Gasteiger charge is -2.09. The molecule has 0 aliphatic rings. The topological polar surface area (TPSA) is 68.2 Å². The lowest BCUT2D eigenvalue weighted by atomic mass is 10.2. The molecule has 23 heavy (non-hydrogen) atoms. The van der Waals surface area contributed by atoms with Crippen LogP contribution in [-0.4, -0.2) is 28.0 Å². The predicted molar refractivity (Wildman–Crippen MR) is 96.0 cm³/mol. The summed E-state index contributed by atoms with van der Waals surface area (Å²) in [6.07, 6.45) is 4.63. The van der Waals surface area contributed by atoms with Gasteiger partial charge in [0.25, 0.3) is 0 Å². The van der Waals surface area contributed by atoms with E-state index in [4.69, 9.17) is 17.0 Å². The Morgan fingerprint density at radius 1 is 1.48 bits per heavy atom. The molecular weight excluding hydrogens is 332 g/mol. The Labute approximate surface area is 144 Å². The highest BCUT2D eigenvalue weighted by Gasteiger charge is 2.17. The Morgan fingerprint density at radius 3 is 2.87 bits per heavy atom. The van der Waals surface area contributed by atoms with Gasteiger partial charge < -0.3 is 15.4 Å². The van der Waals surface area contributed by atoms with Crippen molar-refractivity contribution in [2.45, 2.75) is 33.4 Å². The summed E-state index contributed by atoms with van der Waals surface area (Å²) in [5.41, 5.74) is 1.56.